The predicted octanol–water partition coefficient (Wildman–Crippen LogP) is 2.21. The van der Waals surface area contributed by atoms with Crippen LogP contribution in [0.4, 0.5) is 0 Å². The molecule has 0 aromatic carbocycles. The first kappa shape index (κ1) is 16.4. The van der Waals surface area contributed by atoms with Crippen LogP contribution in [0.25, 0.3) is 0 Å². The van der Waals surface area contributed by atoms with Gasteiger partial charge in [0.25, 0.3) is 11.5 Å². The van der Waals surface area contributed by atoms with Gasteiger partial charge in [0, 0.05) is 37.1 Å². The highest BCUT2D eigenvalue weighted by Gasteiger charge is 2.27. The molecule has 3 rings (SSSR count). The number of carbonyl (C=O) groups excluding carboxylic acids is 1. The van der Waals surface area contributed by atoms with Crippen molar-refractivity contribution in [2.45, 2.75) is 45.4 Å². The number of aromatic amines is 1. The molecule has 0 unspecified atom stereocenters. The smallest absolute Gasteiger partial charge is 0.276 e. The Hall–Kier alpha value is -2.44. The number of nitrogens with one attached hydrogen (secondary N) is 1. The molecular formula is C17H22N4O3. The second-order valence-corrected chi connectivity index (χ2v) is 6.59. The molecule has 0 saturated carbocycles. The molecule has 0 bridgehead atoms. The second-order valence-electron chi connectivity index (χ2n) is 6.59. The molecule has 2 aromatic heterocycles. The Kier molecular flexibility index (Phi) is 4.51. The maximum absolute atomic E-state index is 12.5. The minimum Gasteiger partial charge on any atom is -0.360 e. The number of aryl methyl sites for hydroxylation is 1. The maximum Gasteiger partial charge on any atom is 0.276 e. The zero-order valence-corrected chi connectivity index (χ0v) is 14.2. The molecule has 1 fully saturated rings. The van der Waals surface area contributed by atoms with Crippen molar-refractivity contribution in [3.8, 4) is 0 Å². The molecular weight excluding hydrogens is 308 g/mol. The number of likely N-dealkylation sites (tertiary alicyclic amines) is 1. The molecule has 128 valence electrons. The number of H-pyrrole nitrogens is 1. The van der Waals surface area contributed by atoms with Gasteiger partial charge in [0.2, 0.25) is 0 Å². The SMILES string of the molecule is Cc1nc(C2CCN(C(=O)c3cc(C(C)C)on3)CC2)cc(=O)[nH]1. The number of nitrogens with zero attached hydrogens (tertiary/aromatic N) is 3. The third-order valence-corrected chi connectivity index (χ3v) is 4.40. The van der Waals surface area contributed by atoms with Crippen molar-refractivity contribution in [2.24, 2.45) is 0 Å². The van der Waals surface area contributed by atoms with Gasteiger partial charge < -0.3 is 14.4 Å². The van der Waals surface area contributed by atoms with Gasteiger partial charge in [-0.2, -0.15) is 0 Å². The summed E-state index contributed by atoms with van der Waals surface area (Å²) >= 11 is 0. The first-order valence-electron chi connectivity index (χ1n) is 8.28. The average Bonchev–Trinajstić information content (AvgIpc) is 3.03. The van der Waals surface area contributed by atoms with E-state index in [0.717, 1.165) is 24.3 Å². The largest absolute Gasteiger partial charge is 0.360 e. The fourth-order valence-corrected chi connectivity index (χ4v) is 3.01. The highest BCUT2D eigenvalue weighted by Crippen LogP contribution is 2.27. The van der Waals surface area contributed by atoms with Crippen molar-refractivity contribution in [2.75, 3.05) is 13.1 Å². The lowest BCUT2D eigenvalue weighted by molar-refractivity contribution is 0.0701. The van der Waals surface area contributed by atoms with E-state index in [1.807, 2.05) is 13.8 Å². The Labute approximate surface area is 140 Å². The Morgan fingerprint density at radius 2 is 2.04 bits per heavy atom. The van der Waals surface area contributed by atoms with Crippen molar-refractivity contribution >= 4 is 5.91 Å². The summed E-state index contributed by atoms with van der Waals surface area (Å²) in [6.45, 7) is 7.02. The van der Waals surface area contributed by atoms with E-state index in [9.17, 15) is 9.59 Å². The third-order valence-electron chi connectivity index (χ3n) is 4.40. The van der Waals surface area contributed by atoms with Crippen molar-refractivity contribution in [3.63, 3.8) is 0 Å². The Morgan fingerprint density at radius 1 is 1.33 bits per heavy atom. The Morgan fingerprint density at radius 3 is 2.62 bits per heavy atom. The molecule has 0 radical (unpaired) electrons. The van der Waals surface area contributed by atoms with Crippen LogP contribution in [0.3, 0.4) is 0 Å². The maximum atomic E-state index is 12.5. The lowest BCUT2D eigenvalue weighted by Crippen LogP contribution is -2.38. The van der Waals surface area contributed by atoms with Crippen molar-refractivity contribution in [1.82, 2.24) is 20.0 Å². The number of rotatable bonds is 3. The van der Waals surface area contributed by atoms with Gasteiger partial charge in [-0.05, 0) is 19.8 Å². The van der Waals surface area contributed by atoms with E-state index in [1.54, 1.807) is 24.0 Å². The highest BCUT2D eigenvalue weighted by atomic mass is 16.5. The van der Waals surface area contributed by atoms with Crippen LogP contribution < -0.4 is 5.56 Å². The summed E-state index contributed by atoms with van der Waals surface area (Å²) in [5.74, 6) is 1.66. The minimum absolute atomic E-state index is 0.0980. The number of amides is 1. The zero-order valence-electron chi connectivity index (χ0n) is 14.2. The van der Waals surface area contributed by atoms with E-state index >= 15 is 0 Å². The van der Waals surface area contributed by atoms with Crippen molar-refractivity contribution in [1.29, 1.82) is 0 Å². The minimum atomic E-state index is -0.125. The quantitative estimate of drug-likeness (QED) is 0.931. The van der Waals surface area contributed by atoms with Gasteiger partial charge in [0.15, 0.2) is 5.69 Å². The lowest BCUT2D eigenvalue weighted by Gasteiger charge is -2.31. The fourth-order valence-electron chi connectivity index (χ4n) is 3.01. The van der Waals surface area contributed by atoms with Crippen LogP contribution in [0.5, 0.6) is 0 Å². The van der Waals surface area contributed by atoms with Crippen LogP contribution in [0.2, 0.25) is 0 Å². The monoisotopic (exact) mass is 330 g/mol. The molecule has 1 aliphatic rings. The molecule has 24 heavy (non-hydrogen) atoms. The molecule has 1 amide bonds. The first-order chi connectivity index (χ1) is 11.4. The summed E-state index contributed by atoms with van der Waals surface area (Å²) in [6.07, 6.45) is 1.58. The summed E-state index contributed by atoms with van der Waals surface area (Å²) in [7, 11) is 0. The molecule has 0 atom stereocenters. The lowest BCUT2D eigenvalue weighted by atomic mass is 9.93. The van der Waals surface area contributed by atoms with Gasteiger partial charge in [0.05, 0.1) is 5.69 Å². The summed E-state index contributed by atoms with van der Waals surface area (Å²) in [6, 6.07) is 3.28. The molecule has 7 heteroatoms. The van der Waals surface area contributed by atoms with Crippen molar-refractivity contribution in [3.05, 3.63) is 45.5 Å². The molecule has 1 N–H and O–H groups in total. The Bertz CT molecular complexity index is 785. The van der Waals surface area contributed by atoms with Crippen LogP contribution in [0, 0.1) is 6.92 Å². The van der Waals surface area contributed by atoms with Gasteiger partial charge in [0.1, 0.15) is 11.6 Å². The summed E-state index contributed by atoms with van der Waals surface area (Å²) in [4.78, 5) is 33.0. The predicted molar refractivity (Wildman–Crippen MR) is 88.1 cm³/mol. The average molecular weight is 330 g/mol. The van der Waals surface area contributed by atoms with E-state index in [-0.39, 0.29) is 23.3 Å². The normalized spacial score (nSPS) is 15.9. The van der Waals surface area contributed by atoms with E-state index < -0.39 is 0 Å². The first-order valence-corrected chi connectivity index (χ1v) is 8.28. The molecule has 1 aliphatic heterocycles. The second kappa shape index (κ2) is 6.59. The van der Waals surface area contributed by atoms with Gasteiger partial charge in [-0.1, -0.05) is 19.0 Å². The number of hydrogen-bond acceptors (Lipinski definition) is 5. The standard InChI is InChI=1S/C17H22N4O3/c1-10(2)15-8-14(20-24-15)17(23)21-6-4-12(5-7-21)13-9-16(22)19-11(3)18-13/h8-10,12H,4-7H2,1-3H3,(H,18,19,22). The molecule has 0 aliphatic carbocycles. The van der Waals surface area contributed by atoms with E-state index in [4.69, 9.17) is 4.52 Å². The van der Waals surface area contributed by atoms with Gasteiger partial charge in [-0.25, -0.2) is 4.98 Å². The Balaban J connectivity index is 1.65. The number of piperidine rings is 1. The molecule has 7 nitrogen and oxygen atoms in total. The van der Waals surface area contributed by atoms with Gasteiger partial charge in [-0.15, -0.1) is 0 Å². The van der Waals surface area contributed by atoms with Crippen molar-refractivity contribution < 1.29 is 9.32 Å². The third kappa shape index (κ3) is 3.39. The van der Waals surface area contributed by atoms with Gasteiger partial charge in [-0.3, -0.25) is 9.59 Å². The van der Waals surface area contributed by atoms with Gasteiger partial charge >= 0.3 is 0 Å². The summed E-state index contributed by atoms with van der Waals surface area (Å²) < 4.78 is 5.21. The van der Waals surface area contributed by atoms with E-state index in [1.165, 1.54) is 0 Å². The van der Waals surface area contributed by atoms with E-state index in [2.05, 4.69) is 15.1 Å². The summed E-state index contributed by atoms with van der Waals surface area (Å²) in [5, 5.41) is 3.89. The topological polar surface area (TPSA) is 92.1 Å². The number of carbonyl (C=O) groups is 1. The van der Waals surface area contributed by atoms with Crippen LogP contribution in [-0.4, -0.2) is 39.0 Å². The number of aromatic nitrogens is 3. The van der Waals surface area contributed by atoms with Crippen LogP contribution in [0.1, 0.15) is 66.3 Å². The molecule has 2 aromatic rings. The van der Waals surface area contributed by atoms with E-state index in [0.29, 0.717) is 24.6 Å². The van der Waals surface area contributed by atoms with Crippen LogP contribution in [-0.2, 0) is 0 Å². The van der Waals surface area contributed by atoms with Crippen LogP contribution in [0.15, 0.2) is 21.5 Å². The molecule has 1 saturated heterocycles. The highest BCUT2D eigenvalue weighted by molar-refractivity contribution is 5.92. The fraction of sp³-hybridized carbons (Fsp3) is 0.529. The zero-order chi connectivity index (χ0) is 17.3. The van der Waals surface area contributed by atoms with Crippen LogP contribution >= 0.6 is 0 Å². The number of hydrogen-bond donors (Lipinski definition) is 1. The summed E-state index contributed by atoms with van der Waals surface area (Å²) in [5.41, 5.74) is 1.05. The molecule has 3 heterocycles. The molecule has 0 spiro atoms.